The quantitative estimate of drug-likeness (QED) is 0.469. The molecule has 6 nitrogen and oxygen atoms in total. The van der Waals surface area contributed by atoms with Gasteiger partial charge in [-0.2, -0.15) is 0 Å². The van der Waals surface area contributed by atoms with Crippen molar-refractivity contribution < 1.29 is 28.2 Å². The fourth-order valence-corrected chi connectivity index (χ4v) is 3.62. The van der Waals surface area contributed by atoms with Crippen molar-refractivity contribution in [1.82, 2.24) is 5.32 Å². The van der Waals surface area contributed by atoms with Crippen LogP contribution in [0.2, 0.25) is 0 Å². The average Bonchev–Trinajstić information content (AvgIpc) is 2.70. The van der Waals surface area contributed by atoms with Crippen molar-refractivity contribution in [1.29, 1.82) is 0 Å². The van der Waals surface area contributed by atoms with E-state index in [9.17, 15) is 23.5 Å². The minimum absolute atomic E-state index is 0.0235. The lowest BCUT2D eigenvalue weighted by Crippen LogP contribution is -2.40. The topological polar surface area (TPSA) is 102 Å². The molecule has 1 radical (unpaired) electrons. The van der Waals surface area contributed by atoms with E-state index in [2.05, 4.69) is 10.1 Å². The Morgan fingerprint density at radius 1 is 1.13 bits per heavy atom. The minimum atomic E-state index is -1.20. The zero-order valence-electron chi connectivity index (χ0n) is 16.1. The molecule has 2 aromatic rings. The number of carbonyl (C=O) groups is 2. The van der Waals surface area contributed by atoms with Crippen LogP contribution >= 0.6 is 11.8 Å². The van der Waals surface area contributed by atoms with Crippen LogP contribution in [-0.4, -0.2) is 40.8 Å². The van der Waals surface area contributed by atoms with E-state index in [1.165, 1.54) is 6.42 Å². The lowest BCUT2D eigenvalue weighted by molar-refractivity contribution is -0.122. The van der Waals surface area contributed by atoms with Crippen LogP contribution in [0.15, 0.2) is 48.5 Å². The third kappa shape index (κ3) is 8.38. The number of rotatable bonds is 11. The molecule has 0 aliphatic rings. The highest BCUT2D eigenvalue weighted by Gasteiger charge is 2.27. The molecule has 30 heavy (non-hydrogen) atoms. The van der Waals surface area contributed by atoms with Gasteiger partial charge in [-0.1, -0.05) is 30.3 Å². The second kappa shape index (κ2) is 12.1. The summed E-state index contributed by atoms with van der Waals surface area (Å²) in [5.74, 6) is -1.63. The van der Waals surface area contributed by atoms with Crippen molar-refractivity contribution in [2.45, 2.75) is 24.3 Å². The van der Waals surface area contributed by atoms with Crippen LogP contribution in [0.4, 0.5) is 13.6 Å². The van der Waals surface area contributed by atoms with E-state index in [-0.39, 0.29) is 25.3 Å². The van der Waals surface area contributed by atoms with Gasteiger partial charge in [0.25, 0.3) is 0 Å². The first kappa shape index (κ1) is 23.6. The van der Waals surface area contributed by atoms with Crippen LogP contribution in [0.25, 0.3) is 0 Å². The molecule has 2 unspecified atom stereocenters. The predicted molar refractivity (Wildman–Crippen MR) is 110 cm³/mol. The maximum atomic E-state index is 13.3. The van der Waals surface area contributed by atoms with E-state index >= 15 is 0 Å². The number of nitrogens with one attached hydrogen (secondary N) is 1. The van der Waals surface area contributed by atoms with Crippen LogP contribution < -0.4 is 11.1 Å². The molecule has 2 rings (SSSR count). The van der Waals surface area contributed by atoms with E-state index in [0.29, 0.717) is 5.56 Å². The lowest BCUT2D eigenvalue weighted by atomic mass is 10.0. The normalized spacial score (nSPS) is 12.8. The zero-order chi connectivity index (χ0) is 21.9. The summed E-state index contributed by atoms with van der Waals surface area (Å²) in [4.78, 5) is 23.3. The molecule has 2 amide bonds. The highest BCUT2D eigenvalue weighted by atomic mass is 32.2. The summed E-state index contributed by atoms with van der Waals surface area (Å²) in [6.07, 6.45) is -0.661. The van der Waals surface area contributed by atoms with Gasteiger partial charge in [0.15, 0.2) is 0 Å². The van der Waals surface area contributed by atoms with Gasteiger partial charge in [-0.3, -0.25) is 4.79 Å². The van der Waals surface area contributed by atoms with Crippen molar-refractivity contribution in [2.24, 2.45) is 5.73 Å². The second-order valence-electron chi connectivity index (χ2n) is 6.37. The molecule has 2 aromatic carbocycles. The fourth-order valence-electron chi connectivity index (χ4n) is 2.64. The first-order valence-corrected chi connectivity index (χ1v) is 10.2. The van der Waals surface area contributed by atoms with E-state index in [1.54, 1.807) is 0 Å². The summed E-state index contributed by atoms with van der Waals surface area (Å²) in [7, 11) is 0. The number of aliphatic hydroxyl groups is 1. The summed E-state index contributed by atoms with van der Waals surface area (Å²) in [5.41, 5.74) is 6.13. The van der Waals surface area contributed by atoms with E-state index in [0.717, 1.165) is 35.5 Å². The van der Waals surface area contributed by atoms with E-state index < -0.39 is 35.0 Å². The van der Waals surface area contributed by atoms with Crippen molar-refractivity contribution in [3.05, 3.63) is 77.7 Å². The van der Waals surface area contributed by atoms with Crippen molar-refractivity contribution >= 4 is 23.8 Å². The average molecular weight is 437 g/mol. The molecule has 0 saturated heterocycles. The van der Waals surface area contributed by atoms with Gasteiger partial charge in [0.05, 0.1) is 6.10 Å². The number of nitrogens with two attached hydrogens (primary N) is 1. The van der Waals surface area contributed by atoms with Crippen molar-refractivity contribution in [3.63, 3.8) is 0 Å². The van der Waals surface area contributed by atoms with Crippen molar-refractivity contribution in [3.8, 4) is 0 Å². The number of ether oxygens (including phenoxy) is 1. The molecule has 0 aliphatic heterocycles. The van der Waals surface area contributed by atoms with Gasteiger partial charge in [0.2, 0.25) is 5.91 Å². The largest absolute Gasteiger partial charge is 0.449 e. The molecule has 0 aromatic heterocycles. The Morgan fingerprint density at radius 3 is 2.43 bits per heavy atom. The molecule has 0 heterocycles. The number of aliphatic hydroxyl groups excluding tert-OH is 1. The highest BCUT2D eigenvalue weighted by molar-refractivity contribution is 8.00. The molecule has 4 N–H and O–H groups in total. The summed E-state index contributed by atoms with van der Waals surface area (Å²) in [5, 5.41) is 12.4. The maximum absolute atomic E-state index is 13.3. The van der Waals surface area contributed by atoms with Gasteiger partial charge in [-0.25, -0.2) is 13.6 Å². The van der Waals surface area contributed by atoms with Crippen LogP contribution in [-0.2, 0) is 22.5 Å². The lowest BCUT2D eigenvalue weighted by Gasteiger charge is -2.22. The molecule has 0 aliphatic carbocycles. The Kier molecular flexibility index (Phi) is 9.56. The van der Waals surface area contributed by atoms with Gasteiger partial charge in [0.1, 0.15) is 23.5 Å². The van der Waals surface area contributed by atoms with Crippen LogP contribution in [0, 0.1) is 18.1 Å². The molecular formula is C21H23F2N2O4S. The number of thioether (sulfide) groups is 1. The molecule has 2 atom stereocenters. The Morgan fingerprint density at radius 2 is 1.80 bits per heavy atom. The van der Waals surface area contributed by atoms with Gasteiger partial charge in [0, 0.05) is 18.4 Å². The summed E-state index contributed by atoms with van der Waals surface area (Å²) in [6.45, 7) is 0.251. The monoisotopic (exact) mass is 437 g/mol. The Bertz CT molecular complexity index is 819. The van der Waals surface area contributed by atoms with Crippen LogP contribution in [0.5, 0.6) is 0 Å². The van der Waals surface area contributed by atoms with Gasteiger partial charge >= 0.3 is 6.09 Å². The number of carbonyl (C=O) groups excluding carboxylic acids is 2. The third-order valence-corrected chi connectivity index (χ3v) is 5.28. The smallest absolute Gasteiger partial charge is 0.404 e. The molecule has 0 bridgehead atoms. The Balaban J connectivity index is 1.97. The maximum Gasteiger partial charge on any atom is 0.404 e. The first-order chi connectivity index (χ1) is 14.3. The number of primary amides is 1. The van der Waals surface area contributed by atoms with Crippen LogP contribution in [0.3, 0.4) is 0 Å². The molecule has 0 spiro atoms. The molecule has 0 fully saturated rings. The Labute approximate surface area is 177 Å². The van der Waals surface area contributed by atoms with Crippen molar-refractivity contribution in [2.75, 3.05) is 12.4 Å². The first-order valence-electron chi connectivity index (χ1n) is 9.17. The highest BCUT2D eigenvalue weighted by Crippen LogP contribution is 2.20. The minimum Gasteiger partial charge on any atom is -0.449 e. The van der Waals surface area contributed by atoms with Gasteiger partial charge in [-0.15, -0.1) is 11.8 Å². The standard InChI is InChI=1S/C21H23F2N2O4S/c22-16-10-15(11-17(23)12-16)6-7-18(26)19(30-9-8-29-21(24)28)20(27)25-13-14-4-2-1-3-5-14/h1-5,7,10-12,18-19,26H,6,8-9,13H2,(H2,24,28)(H,25,27). The van der Waals surface area contributed by atoms with Gasteiger partial charge in [-0.05, 0) is 36.1 Å². The summed E-state index contributed by atoms with van der Waals surface area (Å²) < 4.78 is 31.3. The van der Waals surface area contributed by atoms with E-state index in [1.807, 2.05) is 30.3 Å². The summed E-state index contributed by atoms with van der Waals surface area (Å²) >= 11 is 1.08. The predicted octanol–water partition coefficient (Wildman–Crippen LogP) is 2.59. The number of hydrogen-bond donors (Lipinski definition) is 3. The molecule has 161 valence electrons. The number of amides is 2. The Hall–Kier alpha value is -2.65. The van der Waals surface area contributed by atoms with E-state index in [4.69, 9.17) is 5.73 Å². The SMILES string of the molecule is NC(=O)OCCSC(C(=O)NCc1ccccc1)C(O)[CH]Cc1cc(F)cc(F)c1. The molecular weight excluding hydrogens is 414 g/mol. The molecule has 0 saturated carbocycles. The third-order valence-electron chi connectivity index (χ3n) is 4.02. The number of halogens is 2. The number of benzene rings is 2. The van der Waals surface area contributed by atoms with Gasteiger partial charge < -0.3 is 20.9 Å². The fraction of sp³-hybridized carbons (Fsp3) is 0.286. The second-order valence-corrected chi connectivity index (χ2v) is 7.62. The number of hydrogen-bond acceptors (Lipinski definition) is 5. The molecule has 9 heteroatoms. The zero-order valence-corrected chi connectivity index (χ0v) is 16.9. The summed E-state index contributed by atoms with van der Waals surface area (Å²) in [6, 6.07) is 12.3. The van der Waals surface area contributed by atoms with Crippen LogP contribution in [0.1, 0.15) is 11.1 Å².